The lowest BCUT2D eigenvalue weighted by atomic mass is 10.0. The Morgan fingerprint density at radius 2 is 1.96 bits per heavy atom. The van der Waals surface area contributed by atoms with Crippen molar-refractivity contribution in [2.45, 2.75) is 31.3 Å². The second-order valence-corrected chi connectivity index (χ2v) is 7.99. The van der Waals surface area contributed by atoms with Crippen LogP contribution in [0.5, 0.6) is 0 Å². The van der Waals surface area contributed by atoms with Gasteiger partial charge in [-0.2, -0.15) is 5.26 Å². The maximum absolute atomic E-state index is 10.9. The Morgan fingerprint density at radius 1 is 1.19 bits per heavy atom. The first kappa shape index (κ1) is 18.1. The molecule has 0 aliphatic carbocycles. The molecule has 138 valence electrons. The molecule has 3 heterocycles. The molecule has 2 unspecified atom stereocenters. The average Bonchev–Trinajstić information content (AvgIpc) is 3.13. The number of aliphatic hydroxyl groups excluding tert-OH is 1. The quantitative estimate of drug-likeness (QED) is 0.711. The Labute approximate surface area is 166 Å². The highest BCUT2D eigenvalue weighted by atomic mass is 35.5. The second-order valence-electron chi connectivity index (χ2n) is 6.52. The summed E-state index contributed by atoms with van der Waals surface area (Å²) in [5.74, 6) is -0.293. The van der Waals surface area contributed by atoms with Gasteiger partial charge in [0.25, 0.3) is 0 Å². The van der Waals surface area contributed by atoms with Crippen LogP contribution in [-0.4, -0.2) is 33.1 Å². The third-order valence-electron chi connectivity index (χ3n) is 4.71. The van der Waals surface area contributed by atoms with Crippen LogP contribution >= 0.6 is 22.9 Å². The summed E-state index contributed by atoms with van der Waals surface area (Å²) in [4.78, 5) is 15.4. The summed E-state index contributed by atoms with van der Waals surface area (Å²) < 4.78 is 0.975. The first-order chi connectivity index (χ1) is 13.2. The van der Waals surface area contributed by atoms with Gasteiger partial charge in [-0.05, 0) is 31.4 Å². The molecule has 2 atom stereocenters. The zero-order valence-corrected chi connectivity index (χ0v) is 16.1. The number of aromatic nitrogens is 3. The van der Waals surface area contributed by atoms with Crippen LogP contribution in [0.4, 0.5) is 5.95 Å². The number of hydrogen-bond acceptors (Lipinski definition) is 7. The molecule has 0 spiro atoms. The molecule has 3 aromatic rings. The predicted molar refractivity (Wildman–Crippen MR) is 106 cm³/mol. The standard InChI is InChI=1S/C19H18ClN5OS/c20-13-11-22-19(25-8-4-1-5-9-25)24-16(13)17(26)12(10-21)18-23-14-6-2-3-7-15(14)27-18/h2-3,6-7,11-12,17,26H,1,4-5,8-9H2. The van der Waals surface area contributed by atoms with Crippen molar-refractivity contribution >= 4 is 39.1 Å². The maximum atomic E-state index is 10.9. The summed E-state index contributed by atoms with van der Waals surface area (Å²) >= 11 is 7.67. The Morgan fingerprint density at radius 3 is 2.70 bits per heavy atom. The zero-order valence-electron chi connectivity index (χ0n) is 14.5. The molecule has 0 saturated carbocycles. The summed E-state index contributed by atoms with van der Waals surface area (Å²) in [6, 6.07) is 9.83. The van der Waals surface area contributed by atoms with E-state index in [4.69, 9.17) is 11.6 Å². The van der Waals surface area contributed by atoms with Gasteiger partial charge < -0.3 is 10.0 Å². The van der Waals surface area contributed by atoms with Crippen LogP contribution in [0.3, 0.4) is 0 Å². The van der Waals surface area contributed by atoms with Crippen LogP contribution < -0.4 is 4.90 Å². The molecular formula is C19H18ClN5OS. The minimum atomic E-state index is -1.17. The number of piperidine rings is 1. The van der Waals surface area contributed by atoms with Gasteiger partial charge in [-0.15, -0.1) is 11.3 Å². The molecular weight excluding hydrogens is 382 g/mol. The van der Waals surface area contributed by atoms with Crippen molar-refractivity contribution in [3.05, 3.63) is 46.2 Å². The molecule has 0 amide bonds. The number of halogens is 1. The molecule has 27 heavy (non-hydrogen) atoms. The summed E-state index contributed by atoms with van der Waals surface area (Å²) in [5, 5.41) is 21.4. The van der Waals surface area contributed by atoms with Gasteiger partial charge in [-0.1, -0.05) is 23.7 Å². The van der Waals surface area contributed by atoms with Gasteiger partial charge in [0.15, 0.2) is 0 Å². The number of nitriles is 1. The molecule has 1 N–H and O–H groups in total. The fourth-order valence-electron chi connectivity index (χ4n) is 3.27. The summed E-state index contributed by atoms with van der Waals surface area (Å²) in [5.41, 5.74) is 1.09. The van der Waals surface area contributed by atoms with E-state index in [0.717, 1.165) is 36.1 Å². The van der Waals surface area contributed by atoms with Crippen molar-refractivity contribution < 1.29 is 5.11 Å². The lowest BCUT2D eigenvalue weighted by molar-refractivity contribution is 0.159. The van der Waals surface area contributed by atoms with Crippen LogP contribution in [0, 0.1) is 11.3 Å². The predicted octanol–water partition coefficient (Wildman–Crippen LogP) is 4.07. The van der Waals surface area contributed by atoms with E-state index in [0.29, 0.717) is 11.0 Å². The zero-order chi connectivity index (χ0) is 18.8. The van der Waals surface area contributed by atoms with Crippen LogP contribution in [0.2, 0.25) is 5.02 Å². The van der Waals surface area contributed by atoms with E-state index in [2.05, 4.69) is 25.9 Å². The van der Waals surface area contributed by atoms with E-state index in [1.54, 1.807) is 0 Å². The Bertz CT molecular complexity index is 962. The first-order valence-corrected chi connectivity index (χ1v) is 10.1. The molecule has 1 aliphatic heterocycles. The van der Waals surface area contributed by atoms with Gasteiger partial charge >= 0.3 is 0 Å². The topological polar surface area (TPSA) is 85.9 Å². The first-order valence-electron chi connectivity index (χ1n) is 8.88. The molecule has 1 aliphatic rings. The molecule has 6 nitrogen and oxygen atoms in total. The molecule has 1 fully saturated rings. The number of nitrogens with zero attached hydrogens (tertiary/aromatic N) is 5. The lowest BCUT2D eigenvalue weighted by Gasteiger charge is -2.27. The summed E-state index contributed by atoms with van der Waals surface area (Å²) in [6.45, 7) is 1.77. The van der Waals surface area contributed by atoms with Crippen LogP contribution in [-0.2, 0) is 0 Å². The Kier molecular flexibility index (Phi) is 5.21. The minimum Gasteiger partial charge on any atom is -0.385 e. The number of para-hydroxylation sites is 1. The van der Waals surface area contributed by atoms with E-state index >= 15 is 0 Å². The van der Waals surface area contributed by atoms with Gasteiger partial charge in [0.05, 0.1) is 33.2 Å². The number of aliphatic hydroxyl groups is 1. The summed E-state index contributed by atoms with van der Waals surface area (Å²) in [6.07, 6.45) is 3.72. The highest BCUT2D eigenvalue weighted by Crippen LogP contribution is 2.37. The second kappa shape index (κ2) is 7.77. The van der Waals surface area contributed by atoms with Gasteiger partial charge in [-0.25, -0.2) is 15.0 Å². The molecule has 0 radical (unpaired) electrons. The van der Waals surface area contributed by atoms with Crippen molar-refractivity contribution in [3.8, 4) is 6.07 Å². The molecule has 1 saturated heterocycles. The third kappa shape index (κ3) is 3.61. The van der Waals surface area contributed by atoms with Crippen molar-refractivity contribution in [2.24, 2.45) is 0 Å². The molecule has 2 aromatic heterocycles. The lowest BCUT2D eigenvalue weighted by Crippen LogP contribution is -2.31. The van der Waals surface area contributed by atoms with Gasteiger partial charge in [0, 0.05) is 13.1 Å². The van der Waals surface area contributed by atoms with Gasteiger partial charge in [0.2, 0.25) is 5.95 Å². The van der Waals surface area contributed by atoms with E-state index in [1.807, 2.05) is 24.3 Å². The fraction of sp³-hybridized carbons (Fsp3) is 0.368. The number of fused-ring (bicyclic) bond motifs is 1. The SMILES string of the molecule is N#CC(c1nc2ccccc2s1)C(O)c1nc(N2CCCCC2)ncc1Cl. The van der Waals surface area contributed by atoms with E-state index in [-0.39, 0.29) is 10.7 Å². The Hall–Kier alpha value is -2.27. The normalized spacial score (nSPS) is 16.9. The van der Waals surface area contributed by atoms with Crippen LogP contribution in [0.1, 0.15) is 42.0 Å². The maximum Gasteiger partial charge on any atom is 0.225 e. The highest BCUT2D eigenvalue weighted by molar-refractivity contribution is 7.18. The minimum absolute atomic E-state index is 0.254. The van der Waals surface area contributed by atoms with E-state index in [9.17, 15) is 10.4 Å². The monoisotopic (exact) mass is 399 g/mol. The van der Waals surface area contributed by atoms with Gasteiger partial charge in [-0.3, -0.25) is 0 Å². The fourth-order valence-corrected chi connectivity index (χ4v) is 4.51. The largest absolute Gasteiger partial charge is 0.385 e. The van der Waals surface area contributed by atoms with Crippen LogP contribution in [0.15, 0.2) is 30.5 Å². The Balaban J connectivity index is 1.67. The summed E-state index contributed by atoms with van der Waals surface area (Å²) in [7, 11) is 0. The number of anilines is 1. The van der Waals surface area contributed by atoms with Crippen molar-refractivity contribution in [1.82, 2.24) is 15.0 Å². The highest BCUT2D eigenvalue weighted by Gasteiger charge is 2.30. The number of hydrogen-bond donors (Lipinski definition) is 1. The molecule has 4 rings (SSSR count). The molecule has 0 bridgehead atoms. The molecule has 1 aromatic carbocycles. The smallest absolute Gasteiger partial charge is 0.225 e. The van der Waals surface area contributed by atoms with E-state index in [1.165, 1.54) is 24.0 Å². The number of rotatable bonds is 4. The van der Waals surface area contributed by atoms with Crippen molar-refractivity contribution in [1.29, 1.82) is 5.26 Å². The third-order valence-corrected chi connectivity index (χ3v) is 6.12. The van der Waals surface area contributed by atoms with Crippen LogP contribution in [0.25, 0.3) is 10.2 Å². The number of benzene rings is 1. The van der Waals surface area contributed by atoms with Crippen molar-refractivity contribution in [2.75, 3.05) is 18.0 Å². The average molecular weight is 400 g/mol. The molecule has 8 heteroatoms. The van der Waals surface area contributed by atoms with E-state index < -0.39 is 12.0 Å². The van der Waals surface area contributed by atoms with Crippen molar-refractivity contribution in [3.63, 3.8) is 0 Å². The number of thiazole rings is 1. The van der Waals surface area contributed by atoms with Gasteiger partial charge in [0.1, 0.15) is 17.0 Å².